The highest BCUT2D eigenvalue weighted by Crippen LogP contribution is 2.21. The number of hydrogen-bond acceptors (Lipinski definition) is 4. The first-order valence-corrected chi connectivity index (χ1v) is 8.96. The van der Waals surface area contributed by atoms with E-state index in [0.717, 1.165) is 12.0 Å². The van der Waals surface area contributed by atoms with Gasteiger partial charge in [0.25, 0.3) is 0 Å². The van der Waals surface area contributed by atoms with Crippen molar-refractivity contribution in [3.8, 4) is 0 Å². The first-order valence-electron chi connectivity index (χ1n) is 8.96. The molecule has 2 aromatic rings. The molecular weight excluding hydrogens is 330 g/mol. The lowest BCUT2D eigenvalue weighted by molar-refractivity contribution is -0.147. The fourth-order valence-corrected chi connectivity index (χ4v) is 3.35. The second-order valence-electron chi connectivity index (χ2n) is 7.14. The molecule has 1 N–H and O–H groups in total. The number of aromatic nitrogens is 3. The number of carbonyl (C=O) groups excluding carboxylic acids is 2. The minimum Gasteiger partial charge on any atom is -0.338 e. The van der Waals surface area contributed by atoms with Crippen LogP contribution >= 0.6 is 0 Å². The summed E-state index contributed by atoms with van der Waals surface area (Å²) in [5, 5.41) is 6.93. The topological polar surface area (TPSA) is 80.1 Å². The standard InChI is InChI=1S/C19H25N5O2/c1-13(2)10-16(17-20-12-21-23(17)3)22-18(25)19(26)24-9-8-14-6-4-5-7-15(14)11-24/h4-7,12-13,16H,8-11H2,1-3H3,(H,22,25). The number of nitrogens with zero attached hydrogens (tertiary/aromatic N) is 4. The third kappa shape index (κ3) is 3.92. The van der Waals surface area contributed by atoms with Gasteiger partial charge in [0, 0.05) is 20.1 Å². The van der Waals surface area contributed by atoms with Crippen molar-refractivity contribution in [2.75, 3.05) is 6.54 Å². The van der Waals surface area contributed by atoms with E-state index < -0.39 is 11.8 Å². The van der Waals surface area contributed by atoms with E-state index in [1.807, 2.05) is 18.2 Å². The fraction of sp³-hybridized carbons (Fsp3) is 0.474. The van der Waals surface area contributed by atoms with Crippen LogP contribution < -0.4 is 5.32 Å². The van der Waals surface area contributed by atoms with Crippen molar-refractivity contribution in [1.29, 1.82) is 0 Å². The Bertz CT molecular complexity index is 799. The zero-order valence-corrected chi connectivity index (χ0v) is 15.5. The predicted molar refractivity (Wildman–Crippen MR) is 96.9 cm³/mol. The summed E-state index contributed by atoms with van der Waals surface area (Å²) in [5.41, 5.74) is 2.35. The third-order valence-corrected chi connectivity index (χ3v) is 4.68. The summed E-state index contributed by atoms with van der Waals surface area (Å²) in [4.78, 5) is 31.1. The van der Waals surface area contributed by atoms with E-state index in [4.69, 9.17) is 0 Å². The van der Waals surface area contributed by atoms with Crippen LogP contribution in [0, 0.1) is 5.92 Å². The number of carbonyl (C=O) groups is 2. The number of nitrogens with one attached hydrogen (secondary N) is 1. The maximum Gasteiger partial charge on any atom is 0.312 e. The number of fused-ring (bicyclic) bond motifs is 1. The first-order chi connectivity index (χ1) is 12.5. The highest BCUT2D eigenvalue weighted by atomic mass is 16.2. The van der Waals surface area contributed by atoms with Crippen LogP contribution in [0.4, 0.5) is 0 Å². The molecule has 0 fully saturated rings. The minimum atomic E-state index is -0.585. The summed E-state index contributed by atoms with van der Waals surface area (Å²) in [7, 11) is 1.78. The van der Waals surface area contributed by atoms with Crippen LogP contribution in [-0.2, 0) is 29.6 Å². The van der Waals surface area contributed by atoms with Crippen LogP contribution in [-0.4, -0.2) is 38.0 Å². The molecule has 1 atom stereocenters. The lowest BCUT2D eigenvalue weighted by Crippen LogP contribution is -2.46. The van der Waals surface area contributed by atoms with E-state index in [9.17, 15) is 9.59 Å². The van der Waals surface area contributed by atoms with Crippen LogP contribution in [0.3, 0.4) is 0 Å². The van der Waals surface area contributed by atoms with Gasteiger partial charge in [-0.2, -0.15) is 5.10 Å². The van der Waals surface area contributed by atoms with Crippen molar-refractivity contribution >= 4 is 11.8 Å². The molecule has 1 aromatic carbocycles. The Morgan fingerprint density at radius 3 is 2.62 bits per heavy atom. The Kier molecular flexibility index (Phi) is 5.35. The summed E-state index contributed by atoms with van der Waals surface area (Å²) in [6.07, 6.45) is 2.92. The average Bonchev–Trinajstić information content (AvgIpc) is 3.05. The number of amides is 2. The molecule has 0 spiro atoms. The summed E-state index contributed by atoms with van der Waals surface area (Å²) in [6, 6.07) is 7.70. The Hall–Kier alpha value is -2.70. The van der Waals surface area contributed by atoms with Crippen LogP contribution in [0.15, 0.2) is 30.6 Å². The SMILES string of the molecule is CC(C)CC(NC(=O)C(=O)N1CCc2ccccc2C1)c1ncnn1C. The zero-order valence-electron chi connectivity index (χ0n) is 15.5. The molecule has 0 radical (unpaired) electrons. The van der Waals surface area contributed by atoms with Gasteiger partial charge in [0.1, 0.15) is 12.2 Å². The Morgan fingerprint density at radius 2 is 1.96 bits per heavy atom. The smallest absolute Gasteiger partial charge is 0.312 e. The Balaban J connectivity index is 1.69. The molecule has 3 rings (SSSR count). The predicted octanol–water partition coefficient (Wildman–Crippen LogP) is 1.60. The van der Waals surface area contributed by atoms with Gasteiger partial charge in [-0.1, -0.05) is 38.1 Å². The number of aryl methyl sites for hydroxylation is 1. The first kappa shape index (κ1) is 18.1. The molecular formula is C19H25N5O2. The fourth-order valence-electron chi connectivity index (χ4n) is 3.35. The van der Waals surface area contributed by atoms with E-state index in [0.29, 0.717) is 31.3 Å². The zero-order chi connectivity index (χ0) is 18.7. The van der Waals surface area contributed by atoms with Gasteiger partial charge in [0.2, 0.25) is 0 Å². The lowest BCUT2D eigenvalue weighted by atomic mass is 10.00. The molecule has 1 unspecified atom stereocenters. The van der Waals surface area contributed by atoms with Gasteiger partial charge >= 0.3 is 11.8 Å². The summed E-state index contributed by atoms with van der Waals surface area (Å²) in [5.74, 6) is -0.0775. The minimum absolute atomic E-state index is 0.337. The molecule has 0 bridgehead atoms. The van der Waals surface area contributed by atoms with Crippen molar-refractivity contribution in [3.05, 3.63) is 47.5 Å². The lowest BCUT2D eigenvalue weighted by Gasteiger charge is -2.29. The van der Waals surface area contributed by atoms with E-state index in [2.05, 4.69) is 35.3 Å². The second-order valence-corrected chi connectivity index (χ2v) is 7.14. The maximum absolute atomic E-state index is 12.7. The van der Waals surface area contributed by atoms with Gasteiger partial charge in [0.05, 0.1) is 6.04 Å². The Labute approximate surface area is 153 Å². The summed E-state index contributed by atoms with van der Waals surface area (Å²) >= 11 is 0. The van der Waals surface area contributed by atoms with E-state index in [1.165, 1.54) is 11.9 Å². The molecule has 0 saturated carbocycles. The van der Waals surface area contributed by atoms with Gasteiger partial charge in [-0.25, -0.2) is 4.98 Å². The third-order valence-electron chi connectivity index (χ3n) is 4.68. The molecule has 1 aromatic heterocycles. The molecule has 7 heteroatoms. The van der Waals surface area contributed by atoms with Crippen molar-refractivity contribution in [2.24, 2.45) is 13.0 Å². The van der Waals surface area contributed by atoms with Crippen molar-refractivity contribution < 1.29 is 9.59 Å². The van der Waals surface area contributed by atoms with Crippen LogP contribution in [0.25, 0.3) is 0 Å². The van der Waals surface area contributed by atoms with Gasteiger partial charge in [-0.3, -0.25) is 14.3 Å². The van der Waals surface area contributed by atoms with Crippen molar-refractivity contribution in [2.45, 2.75) is 39.3 Å². The highest BCUT2D eigenvalue weighted by molar-refractivity contribution is 6.35. The van der Waals surface area contributed by atoms with Gasteiger partial charge in [-0.15, -0.1) is 0 Å². The van der Waals surface area contributed by atoms with Crippen LogP contribution in [0.1, 0.15) is 43.3 Å². The van der Waals surface area contributed by atoms with E-state index in [-0.39, 0.29) is 6.04 Å². The summed E-state index contributed by atoms with van der Waals surface area (Å²) < 4.78 is 1.63. The highest BCUT2D eigenvalue weighted by Gasteiger charge is 2.29. The maximum atomic E-state index is 12.7. The summed E-state index contributed by atoms with van der Waals surface area (Å²) in [6.45, 7) is 5.17. The van der Waals surface area contributed by atoms with Crippen LogP contribution in [0.2, 0.25) is 0 Å². The molecule has 0 aliphatic carbocycles. The molecule has 1 aliphatic heterocycles. The number of rotatable bonds is 4. The quantitative estimate of drug-likeness (QED) is 0.845. The monoisotopic (exact) mass is 355 g/mol. The second kappa shape index (κ2) is 7.68. The van der Waals surface area contributed by atoms with E-state index >= 15 is 0 Å². The van der Waals surface area contributed by atoms with E-state index in [1.54, 1.807) is 16.6 Å². The van der Waals surface area contributed by atoms with Gasteiger partial charge < -0.3 is 10.2 Å². The average molecular weight is 355 g/mol. The number of hydrogen-bond donors (Lipinski definition) is 1. The molecule has 2 amide bonds. The number of benzene rings is 1. The van der Waals surface area contributed by atoms with Crippen LogP contribution in [0.5, 0.6) is 0 Å². The molecule has 138 valence electrons. The molecule has 7 nitrogen and oxygen atoms in total. The van der Waals surface area contributed by atoms with Gasteiger partial charge in [0.15, 0.2) is 0 Å². The molecule has 1 aliphatic rings. The normalized spacial score (nSPS) is 14.8. The van der Waals surface area contributed by atoms with Crippen molar-refractivity contribution in [3.63, 3.8) is 0 Å². The van der Waals surface area contributed by atoms with Gasteiger partial charge in [-0.05, 0) is 29.9 Å². The molecule has 26 heavy (non-hydrogen) atoms. The molecule has 0 saturated heterocycles. The van der Waals surface area contributed by atoms with Crippen molar-refractivity contribution in [1.82, 2.24) is 25.0 Å². The Morgan fingerprint density at radius 1 is 1.23 bits per heavy atom. The largest absolute Gasteiger partial charge is 0.338 e. The molecule has 2 heterocycles.